The second kappa shape index (κ2) is 8.85. The molecule has 0 saturated heterocycles. The number of aromatic nitrogens is 3. The van der Waals surface area contributed by atoms with Crippen LogP contribution in [-0.4, -0.2) is 51.8 Å². The molecule has 0 aliphatic rings. The van der Waals surface area contributed by atoms with Gasteiger partial charge in [0, 0.05) is 11.9 Å². The van der Waals surface area contributed by atoms with Crippen molar-refractivity contribution in [3.05, 3.63) is 71.8 Å². The van der Waals surface area contributed by atoms with Gasteiger partial charge in [0.05, 0.1) is 17.3 Å². The van der Waals surface area contributed by atoms with E-state index in [2.05, 4.69) is 51.6 Å². The summed E-state index contributed by atoms with van der Waals surface area (Å²) in [6.45, 7) is 2.63. The lowest BCUT2D eigenvalue weighted by Crippen LogP contribution is -2.35. The number of carbonyl (C=O) groups is 1. The minimum absolute atomic E-state index is 0.0176. The van der Waals surface area contributed by atoms with E-state index in [1.54, 1.807) is 0 Å². The smallest absolute Gasteiger partial charge is 0.230 e. The van der Waals surface area contributed by atoms with Crippen molar-refractivity contribution in [2.24, 2.45) is 0 Å². The molecule has 2 aromatic carbocycles. The van der Waals surface area contributed by atoms with Gasteiger partial charge in [0.2, 0.25) is 5.91 Å². The highest BCUT2D eigenvalue weighted by atomic mass is 32.2. The number of amides is 1. The van der Waals surface area contributed by atoms with Crippen LogP contribution in [0.15, 0.2) is 65.8 Å². The molecule has 1 amide bonds. The molecule has 0 unspecified atom stereocenters. The molecule has 6 nitrogen and oxygen atoms in total. The molecule has 0 bridgehead atoms. The molecule has 4 rings (SSSR count). The van der Waals surface area contributed by atoms with Crippen LogP contribution in [0.25, 0.3) is 16.6 Å². The molecule has 2 aromatic heterocycles. The maximum absolute atomic E-state index is 12.5. The van der Waals surface area contributed by atoms with E-state index in [-0.39, 0.29) is 17.7 Å². The van der Waals surface area contributed by atoms with Crippen LogP contribution in [0.3, 0.4) is 0 Å². The fourth-order valence-electron chi connectivity index (χ4n) is 3.63. The highest BCUT2D eigenvalue weighted by Crippen LogP contribution is 2.25. The fraction of sp³-hybridized carbons (Fsp3) is 0.261. The maximum Gasteiger partial charge on any atom is 0.230 e. The fourth-order valence-corrected chi connectivity index (χ4v) is 4.42. The van der Waals surface area contributed by atoms with Crippen LogP contribution in [0.2, 0.25) is 0 Å². The van der Waals surface area contributed by atoms with Crippen molar-refractivity contribution in [3.8, 4) is 0 Å². The Morgan fingerprint density at radius 2 is 1.83 bits per heavy atom. The number of para-hydroxylation sites is 1. The number of likely N-dealkylation sites (N-methyl/N-ethyl adjacent to an activating group) is 1. The largest absolute Gasteiger partial charge is 0.353 e. The van der Waals surface area contributed by atoms with Crippen LogP contribution in [0.1, 0.15) is 17.2 Å². The molecule has 0 aliphatic heterocycles. The Morgan fingerprint density at radius 1 is 1.10 bits per heavy atom. The topological polar surface area (TPSA) is 62.5 Å². The molecule has 0 spiro atoms. The van der Waals surface area contributed by atoms with Crippen molar-refractivity contribution >= 4 is 34.2 Å². The van der Waals surface area contributed by atoms with Crippen molar-refractivity contribution in [3.63, 3.8) is 0 Å². The van der Waals surface area contributed by atoms with Gasteiger partial charge in [-0.05, 0) is 44.3 Å². The highest BCUT2D eigenvalue weighted by Gasteiger charge is 2.16. The monoisotopic (exact) mass is 419 g/mol. The van der Waals surface area contributed by atoms with Crippen molar-refractivity contribution in [1.82, 2.24) is 24.8 Å². The lowest BCUT2D eigenvalue weighted by atomic mass is 10.1. The molecular formula is C23H25N5OS. The van der Waals surface area contributed by atoms with Crippen LogP contribution in [0.4, 0.5) is 0 Å². The molecule has 0 radical (unpaired) electrons. The average Bonchev–Trinajstić information content (AvgIpc) is 3.16. The van der Waals surface area contributed by atoms with E-state index in [1.807, 2.05) is 54.9 Å². The molecule has 154 valence electrons. The van der Waals surface area contributed by atoms with Gasteiger partial charge in [-0.1, -0.05) is 60.3 Å². The summed E-state index contributed by atoms with van der Waals surface area (Å²) in [4.78, 5) is 14.7. The first kappa shape index (κ1) is 20.4. The molecule has 1 N–H and O–H groups in total. The van der Waals surface area contributed by atoms with Gasteiger partial charge in [0.15, 0.2) is 10.8 Å². The summed E-state index contributed by atoms with van der Waals surface area (Å²) < 4.78 is 2.02. The first-order chi connectivity index (χ1) is 14.5. The van der Waals surface area contributed by atoms with E-state index in [0.717, 1.165) is 27.3 Å². The van der Waals surface area contributed by atoms with Gasteiger partial charge in [0.1, 0.15) is 0 Å². The number of nitrogens with one attached hydrogen (secondary N) is 1. The lowest BCUT2D eigenvalue weighted by molar-refractivity contribution is -0.118. The zero-order valence-corrected chi connectivity index (χ0v) is 18.2. The minimum Gasteiger partial charge on any atom is -0.353 e. The molecule has 0 fully saturated rings. The summed E-state index contributed by atoms with van der Waals surface area (Å²) in [6, 6.07) is 20.6. The summed E-state index contributed by atoms with van der Waals surface area (Å²) in [6.07, 6.45) is 0. The van der Waals surface area contributed by atoms with E-state index in [0.29, 0.717) is 6.54 Å². The van der Waals surface area contributed by atoms with E-state index >= 15 is 0 Å². The number of nitrogens with zero attached hydrogens (tertiary/aromatic N) is 4. The van der Waals surface area contributed by atoms with Gasteiger partial charge in [-0.25, -0.2) is 0 Å². The number of fused-ring (bicyclic) bond motifs is 3. The molecule has 7 heteroatoms. The Labute approximate surface area is 180 Å². The molecule has 2 heterocycles. The highest BCUT2D eigenvalue weighted by molar-refractivity contribution is 7.99. The van der Waals surface area contributed by atoms with Crippen molar-refractivity contribution in [2.75, 3.05) is 26.4 Å². The third kappa shape index (κ3) is 4.17. The Hall–Kier alpha value is -2.90. The van der Waals surface area contributed by atoms with Gasteiger partial charge in [0.25, 0.3) is 0 Å². The third-order valence-corrected chi connectivity index (χ3v) is 6.14. The van der Waals surface area contributed by atoms with E-state index in [9.17, 15) is 4.79 Å². The van der Waals surface area contributed by atoms with Crippen LogP contribution in [-0.2, 0) is 4.79 Å². The zero-order chi connectivity index (χ0) is 21.1. The van der Waals surface area contributed by atoms with E-state index in [4.69, 9.17) is 0 Å². The summed E-state index contributed by atoms with van der Waals surface area (Å²) in [7, 11) is 4.04. The number of carbonyl (C=O) groups excluding carboxylic acids is 1. The van der Waals surface area contributed by atoms with Crippen molar-refractivity contribution < 1.29 is 4.79 Å². The number of thioether (sulfide) groups is 1. The predicted octanol–water partition coefficient (Wildman–Crippen LogP) is 3.70. The number of rotatable bonds is 7. The Morgan fingerprint density at radius 3 is 2.60 bits per heavy atom. The summed E-state index contributed by atoms with van der Waals surface area (Å²) in [5.74, 6) is 0.272. The number of hydrogen-bond acceptors (Lipinski definition) is 5. The van der Waals surface area contributed by atoms with Gasteiger partial charge < -0.3 is 10.2 Å². The zero-order valence-electron chi connectivity index (χ0n) is 17.4. The van der Waals surface area contributed by atoms with Crippen molar-refractivity contribution in [2.45, 2.75) is 18.1 Å². The standard InChI is InChI=1S/C23H25N5OS/c1-16-13-21-25-26-23(28(21)19-12-8-7-11-18(16)19)30-15-22(29)24-14-20(27(2)3)17-9-5-4-6-10-17/h4-13,20H,14-15H2,1-3H3,(H,24,29)/t20-/m1/s1. The third-order valence-electron chi connectivity index (χ3n) is 5.21. The first-order valence-corrected chi connectivity index (χ1v) is 10.9. The van der Waals surface area contributed by atoms with Gasteiger partial charge >= 0.3 is 0 Å². The molecule has 0 saturated carbocycles. The number of aryl methyl sites for hydroxylation is 1. The van der Waals surface area contributed by atoms with Crippen LogP contribution in [0.5, 0.6) is 0 Å². The molecular weight excluding hydrogens is 394 g/mol. The quantitative estimate of drug-likeness (QED) is 0.463. The van der Waals surface area contributed by atoms with Crippen LogP contribution >= 0.6 is 11.8 Å². The lowest BCUT2D eigenvalue weighted by Gasteiger charge is -2.25. The number of pyridine rings is 1. The molecule has 30 heavy (non-hydrogen) atoms. The van der Waals surface area contributed by atoms with Crippen LogP contribution in [0, 0.1) is 6.92 Å². The second-order valence-electron chi connectivity index (χ2n) is 7.50. The normalized spacial score (nSPS) is 12.5. The Bertz CT molecular complexity index is 1170. The Kier molecular flexibility index (Phi) is 6.01. The Balaban J connectivity index is 1.45. The number of hydrogen-bond donors (Lipinski definition) is 1. The van der Waals surface area contributed by atoms with Gasteiger partial charge in [-0.3, -0.25) is 9.20 Å². The molecule has 0 aliphatic carbocycles. The second-order valence-corrected chi connectivity index (χ2v) is 8.45. The predicted molar refractivity (Wildman–Crippen MR) is 122 cm³/mol. The number of benzene rings is 2. The van der Waals surface area contributed by atoms with Gasteiger partial charge in [-0.2, -0.15) is 0 Å². The molecule has 1 atom stereocenters. The molecule has 4 aromatic rings. The first-order valence-electron chi connectivity index (χ1n) is 9.89. The average molecular weight is 420 g/mol. The SMILES string of the molecule is Cc1cc2nnc(SCC(=O)NC[C@H](c3ccccc3)N(C)C)n2c2ccccc12. The summed E-state index contributed by atoms with van der Waals surface area (Å²) >= 11 is 1.40. The van der Waals surface area contributed by atoms with E-state index < -0.39 is 0 Å². The summed E-state index contributed by atoms with van der Waals surface area (Å²) in [5, 5.41) is 13.6. The van der Waals surface area contributed by atoms with Crippen LogP contribution < -0.4 is 5.32 Å². The maximum atomic E-state index is 12.5. The summed E-state index contributed by atoms with van der Waals surface area (Å²) in [5.41, 5.74) is 4.19. The van der Waals surface area contributed by atoms with Gasteiger partial charge in [-0.15, -0.1) is 10.2 Å². The minimum atomic E-state index is -0.0176. The van der Waals surface area contributed by atoms with Crippen molar-refractivity contribution in [1.29, 1.82) is 0 Å². The van der Waals surface area contributed by atoms with E-state index in [1.165, 1.54) is 17.3 Å².